The molecule has 1 N–H and O–H groups in total. The van der Waals surface area contributed by atoms with Gasteiger partial charge in [0.2, 0.25) is 0 Å². The Morgan fingerprint density at radius 3 is 2.46 bits per heavy atom. The smallest absolute Gasteiger partial charge is 0.186 e. The number of carbonyl (C=O) groups is 1. The van der Waals surface area contributed by atoms with Gasteiger partial charge in [-0.25, -0.2) is 0 Å². The van der Waals surface area contributed by atoms with Crippen molar-refractivity contribution in [2.24, 2.45) is 50.8 Å². The van der Waals surface area contributed by atoms with Gasteiger partial charge in [-0.15, -0.1) is 0 Å². The minimum Gasteiger partial charge on any atom is -0.480 e. The summed E-state index contributed by atoms with van der Waals surface area (Å²) in [4.78, 5) is 21.2. The maximum Gasteiger partial charge on any atom is 0.186 e. The van der Waals surface area contributed by atoms with Gasteiger partial charge in [0.05, 0.1) is 18.8 Å². The molecule has 1 heterocycles. The number of Topliss-reactive ketones (excluding diaryl/α,β-unsaturated/α-hetero) is 1. The van der Waals surface area contributed by atoms with Crippen molar-refractivity contribution in [2.45, 2.75) is 98.3 Å². The Hall–Kier alpha value is -1.20. The second-order valence-corrected chi connectivity index (χ2v) is 14.0. The molecule has 5 rings (SSSR count). The summed E-state index contributed by atoms with van der Waals surface area (Å²) in [7, 11) is 4.19. The van der Waals surface area contributed by atoms with Gasteiger partial charge in [0.15, 0.2) is 11.7 Å². The average Bonchev–Trinajstić information content (AvgIpc) is 2.91. The van der Waals surface area contributed by atoms with E-state index in [9.17, 15) is 9.90 Å². The number of hydrogen-bond acceptors (Lipinski definition) is 5. The van der Waals surface area contributed by atoms with Crippen LogP contribution in [0.4, 0.5) is 0 Å². The van der Waals surface area contributed by atoms with E-state index in [1.807, 2.05) is 0 Å². The normalized spacial score (nSPS) is 48.1. The van der Waals surface area contributed by atoms with Crippen molar-refractivity contribution in [1.82, 2.24) is 4.90 Å². The third kappa shape index (κ3) is 3.54. The van der Waals surface area contributed by atoms with Crippen LogP contribution < -0.4 is 0 Å². The van der Waals surface area contributed by atoms with Gasteiger partial charge in [-0.2, -0.15) is 0 Å². The van der Waals surface area contributed by atoms with Crippen molar-refractivity contribution in [2.75, 3.05) is 20.7 Å². The molecule has 3 fully saturated rings. The van der Waals surface area contributed by atoms with Crippen LogP contribution in [0.3, 0.4) is 0 Å². The Balaban J connectivity index is 1.50. The van der Waals surface area contributed by atoms with Gasteiger partial charge in [0, 0.05) is 29.7 Å². The van der Waals surface area contributed by atoms with Crippen LogP contribution in [0.25, 0.3) is 0 Å². The highest BCUT2D eigenvalue weighted by Crippen LogP contribution is 2.68. The van der Waals surface area contributed by atoms with Gasteiger partial charge >= 0.3 is 0 Å². The highest BCUT2D eigenvalue weighted by atomic mass is 16.5. The van der Waals surface area contributed by atoms with Gasteiger partial charge < -0.3 is 14.7 Å². The van der Waals surface area contributed by atoms with E-state index in [0.29, 0.717) is 36.0 Å². The fourth-order valence-corrected chi connectivity index (χ4v) is 9.38. The van der Waals surface area contributed by atoms with Gasteiger partial charge in [-0.3, -0.25) is 9.79 Å². The summed E-state index contributed by atoms with van der Waals surface area (Å²) in [6, 6.07) is 0.555. The van der Waals surface area contributed by atoms with E-state index in [2.05, 4.69) is 66.6 Å². The van der Waals surface area contributed by atoms with E-state index in [4.69, 9.17) is 9.73 Å². The van der Waals surface area contributed by atoms with Crippen LogP contribution >= 0.6 is 0 Å². The highest BCUT2D eigenvalue weighted by molar-refractivity contribution is 5.98. The van der Waals surface area contributed by atoms with Gasteiger partial charge in [-0.1, -0.05) is 40.7 Å². The summed E-state index contributed by atoms with van der Waals surface area (Å²) in [5.41, 5.74) is 0.853. The first-order chi connectivity index (χ1) is 16.3. The fourth-order valence-electron chi connectivity index (χ4n) is 9.38. The topological polar surface area (TPSA) is 62.1 Å². The zero-order valence-electron chi connectivity index (χ0n) is 23.3. The van der Waals surface area contributed by atoms with Crippen LogP contribution in [0.2, 0.25) is 0 Å². The molecule has 0 amide bonds. The van der Waals surface area contributed by atoms with Crippen LogP contribution in [0.5, 0.6) is 0 Å². The number of ether oxygens (including phenoxy) is 1. The predicted molar refractivity (Wildman–Crippen MR) is 140 cm³/mol. The predicted octanol–water partition coefficient (Wildman–Crippen LogP) is 5.12. The summed E-state index contributed by atoms with van der Waals surface area (Å²) in [6.07, 6.45) is 7.74. The number of fused-ring (bicyclic) bond motifs is 6. The number of ketones is 1. The molecule has 0 spiro atoms. The Labute approximate surface area is 212 Å². The molecule has 0 aromatic carbocycles. The number of nitrogens with zero attached hydrogens (tertiary/aromatic N) is 2. The zero-order valence-corrected chi connectivity index (χ0v) is 23.3. The van der Waals surface area contributed by atoms with E-state index >= 15 is 0 Å². The summed E-state index contributed by atoms with van der Waals surface area (Å²) in [6.45, 7) is 14.4. The average molecular weight is 485 g/mol. The van der Waals surface area contributed by atoms with Crippen molar-refractivity contribution in [3.05, 3.63) is 11.6 Å². The monoisotopic (exact) mass is 484 g/mol. The van der Waals surface area contributed by atoms with E-state index in [-0.39, 0.29) is 40.2 Å². The Bertz CT molecular complexity index is 940. The molecular formula is C30H48N2O3. The number of carbonyl (C=O) groups excluding carboxylic acids is 1. The van der Waals surface area contributed by atoms with E-state index in [0.717, 1.165) is 50.2 Å². The van der Waals surface area contributed by atoms with Crippen molar-refractivity contribution in [3.63, 3.8) is 0 Å². The minimum absolute atomic E-state index is 0.0241. The number of aliphatic hydroxyl groups excluding tert-OH is 1. The molecule has 3 saturated carbocycles. The molecule has 0 bridgehead atoms. The summed E-state index contributed by atoms with van der Waals surface area (Å²) in [5.74, 6) is 2.85. The van der Waals surface area contributed by atoms with E-state index < -0.39 is 0 Å². The van der Waals surface area contributed by atoms with E-state index in [1.54, 1.807) is 0 Å². The number of allylic oxidation sites excluding steroid dienone is 2. The minimum atomic E-state index is -0.363. The lowest BCUT2D eigenvalue weighted by molar-refractivity contribution is -0.129. The van der Waals surface area contributed by atoms with Crippen LogP contribution in [0.1, 0.15) is 80.1 Å². The molecule has 0 unspecified atom stereocenters. The molecule has 0 aromatic rings. The molecule has 1 aliphatic heterocycles. The fraction of sp³-hybridized carbons (Fsp3) is 0.867. The summed E-state index contributed by atoms with van der Waals surface area (Å²) in [5, 5.41) is 11.4. The Morgan fingerprint density at radius 2 is 1.80 bits per heavy atom. The third-order valence-electron chi connectivity index (χ3n) is 11.8. The van der Waals surface area contributed by atoms with Crippen LogP contribution in [-0.2, 0) is 9.53 Å². The van der Waals surface area contributed by atoms with Crippen LogP contribution in [0.15, 0.2) is 16.6 Å². The zero-order chi connectivity index (χ0) is 25.5. The number of rotatable bonds is 3. The quantitative estimate of drug-likeness (QED) is 0.604. The molecule has 0 saturated heterocycles. The molecule has 5 heteroatoms. The molecule has 35 heavy (non-hydrogen) atoms. The Morgan fingerprint density at radius 1 is 1.09 bits per heavy atom. The standard InChI is InChI=1S/C30H48N2O3/c1-17(2)27-31-25-12-9-19-13-20-22(11-10-21(19)28(25,4)16-35-27)29(5)15-24(34)26(18(3)32(7)8)30(29,6)14-23(20)33/h13,17-19,21-22,24-26,34H,9-12,14-16H2,1-8H3/t18-,19+,21+,22+,24+,25-,26-,28-,29-,30+/m0/s1. The Kier molecular flexibility index (Phi) is 6.12. The second kappa shape index (κ2) is 8.41. The molecule has 10 atom stereocenters. The summed E-state index contributed by atoms with van der Waals surface area (Å²) < 4.78 is 6.25. The van der Waals surface area contributed by atoms with E-state index in [1.165, 1.54) is 0 Å². The first-order valence-electron chi connectivity index (χ1n) is 14.1. The second-order valence-electron chi connectivity index (χ2n) is 14.0. The van der Waals surface area contributed by atoms with Crippen LogP contribution in [-0.4, -0.2) is 60.6 Å². The first kappa shape index (κ1) is 25.4. The first-order valence-corrected chi connectivity index (χ1v) is 14.1. The third-order valence-corrected chi connectivity index (χ3v) is 11.8. The molecular weight excluding hydrogens is 436 g/mol. The molecule has 0 aromatic heterocycles. The molecule has 0 radical (unpaired) electrons. The van der Waals surface area contributed by atoms with Crippen molar-refractivity contribution in [1.29, 1.82) is 0 Å². The van der Waals surface area contributed by atoms with Gasteiger partial charge in [0.1, 0.15) is 0 Å². The van der Waals surface area contributed by atoms with Crippen molar-refractivity contribution >= 4 is 11.7 Å². The number of hydrogen-bond donors (Lipinski definition) is 1. The maximum absolute atomic E-state index is 13.9. The molecule has 5 nitrogen and oxygen atoms in total. The number of aliphatic hydroxyl groups is 1. The lowest BCUT2D eigenvalue weighted by Crippen LogP contribution is -2.53. The molecule has 5 aliphatic rings. The van der Waals surface area contributed by atoms with Gasteiger partial charge in [0.25, 0.3) is 0 Å². The SMILES string of the molecule is CC(C)C1=N[C@H]2CC[C@@H]3C=C4C(=O)C[C@]5(C)[C@@H]([C@H](C)N(C)C)[C@H](O)C[C@@]5(C)[C@@H]4CC[C@H]3[C@]2(C)CO1. The van der Waals surface area contributed by atoms with Gasteiger partial charge in [-0.05, 0) is 87.3 Å². The molecule has 4 aliphatic carbocycles. The lowest BCUT2D eigenvalue weighted by Gasteiger charge is -2.54. The van der Waals surface area contributed by atoms with Crippen molar-refractivity contribution in [3.8, 4) is 0 Å². The van der Waals surface area contributed by atoms with Crippen LogP contribution in [0, 0.1) is 45.8 Å². The largest absolute Gasteiger partial charge is 0.480 e. The summed E-state index contributed by atoms with van der Waals surface area (Å²) >= 11 is 0. The maximum atomic E-state index is 13.9. The molecule has 196 valence electrons. The highest BCUT2D eigenvalue weighted by Gasteiger charge is 2.67. The van der Waals surface area contributed by atoms with Crippen molar-refractivity contribution < 1.29 is 14.6 Å². The number of aliphatic imine (C=N–C) groups is 1. The lowest BCUT2D eigenvalue weighted by atomic mass is 9.50.